The molecule has 2 unspecified atom stereocenters. The molecule has 0 aromatic heterocycles. The highest BCUT2D eigenvalue weighted by Gasteiger charge is 2.30. The van der Waals surface area contributed by atoms with E-state index in [0.29, 0.717) is 11.7 Å². The van der Waals surface area contributed by atoms with Crippen molar-refractivity contribution in [2.24, 2.45) is 5.92 Å². The number of rotatable bonds is 3. The molecule has 2 atom stereocenters. The van der Waals surface area contributed by atoms with E-state index in [2.05, 4.69) is 29.6 Å². The number of Topliss-reactive ketones (excluding diaryl/α,β-unsaturated/α-hetero) is 1. The Kier molecular flexibility index (Phi) is 2.52. The first-order valence-corrected chi connectivity index (χ1v) is 6.16. The molecule has 1 saturated heterocycles. The Morgan fingerprint density at radius 2 is 2.25 bits per heavy atom. The van der Waals surface area contributed by atoms with Crippen molar-refractivity contribution in [3.63, 3.8) is 0 Å². The molecule has 0 amide bonds. The van der Waals surface area contributed by atoms with E-state index in [0.717, 1.165) is 32.4 Å². The molecule has 84 valence electrons. The largest absolute Gasteiger partial charge is 0.316 e. The van der Waals surface area contributed by atoms with Gasteiger partial charge in [-0.1, -0.05) is 24.3 Å². The van der Waals surface area contributed by atoms with Gasteiger partial charge in [-0.05, 0) is 36.4 Å². The minimum absolute atomic E-state index is 0.285. The molecule has 1 aliphatic heterocycles. The Bertz CT molecular complexity index is 407. The van der Waals surface area contributed by atoms with Gasteiger partial charge in [0.15, 0.2) is 0 Å². The van der Waals surface area contributed by atoms with Crippen LogP contribution in [0.5, 0.6) is 0 Å². The van der Waals surface area contributed by atoms with Crippen LogP contribution in [0.3, 0.4) is 0 Å². The molecule has 1 aliphatic carbocycles. The maximum absolute atomic E-state index is 12.0. The van der Waals surface area contributed by atoms with E-state index in [1.165, 1.54) is 11.1 Å². The van der Waals surface area contributed by atoms with Crippen LogP contribution in [0.25, 0.3) is 0 Å². The first-order valence-electron chi connectivity index (χ1n) is 6.16. The molecule has 1 aromatic carbocycles. The quantitative estimate of drug-likeness (QED) is 0.834. The number of hydrogen-bond acceptors (Lipinski definition) is 2. The van der Waals surface area contributed by atoms with Gasteiger partial charge in [-0.25, -0.2) is 0 Å². The number of benzene rings is 1. The Hall–Kier alpha value is -1.15. The topological polar surface area (TPSA) is 29.1 Å². The highest BCUT2D eigenvalue weighted by atomic mass is 16.1. The number of fused-ring (bicyclic) bond motifs is 1. The third kappa shape index (κ3) is 1.67. The fraction of sp³-hybridized carbons (Fsp3) is 0.500. The average Bonchev–Trinajstić information content (AvgIpc) is 2.79. The fourth-order valence-corrected chi connectivity index (χ4v) is 2.88. The predicted octanol–water partition coefficient (Wildman–Crippen LogP) is 1.89. The molecule has 0 spiro atoms. The molecular weight excluding hydrogens is 198 g/mol. The van der Waals surface area contributed by atoms with Gasteiger partial charge in [0.25, 0.3) is 0 Å². The molecule has 0 bridgehead atoms. The van der Waals surface area contributed by atoms with Crippen LogP contribution in [-0.2, 0) is 11.2 Å². The van der Waals surface area contributed by atoms with Crippen molar-refractivity contribution in [1.82, 2.24) is 5.32 Å². The van der Waals surface area contributed by atoms with Crippen molar-refractivity contribution in [2.75, 3.05) is 13.1 Å². The normalized spacial score (nSPS) is 27.2. The summed E-state index contributed by atoms with van der Waals surface area (Å²) in [6.45, 7) is 1.91. The van der Waals surface area contributed by atoms with E-state index in [1.54, 1.807) is 0 Å². The number of hydrogen-bond donors (Lipinski definition) is 1. The van der Waals surface area contributed by atoms with Gasteiger partial charge in [-0.2, -0.15) is 0 Å². The summed E-state index contributed by atoms with van der Waals surface area (Å²) in [5.74, 6) is 1.25. The maximum atomic E-state index is 12.0. The molecule has 2 aliphatic rings. The van der Waals surface area contributed by atoms with E-state index >= 15 is 0 Å². The third-order valence-electron chi connectivity index (χ3n) is 3.92. The summed E-state index contributed by atoms with van der Waals surface area (Å²) in [4.78, 5) is 12.0. The van der Waals surface area contributed by atoms with Gasteiger partial charge >= 0.3 is 0 Å². The van der Waals surface area contributed by atoms with Crippen molar-refractivity contribution < 1.29 is 4.79 Å². The minimum atomic E-state index is 0.285. The predicted molar refractivity (Wildman–Crippen MR) is 63.5 cm³/mol. The molecule has 2 heteroatoms. The zero-order chi connectivity index (χ0) is 11.0. The van der Waals surface area contributed by atoms with Crippen LogP contribution in [0.1, 0.15) is 29.9 Å². The van der Waals surface area contributed by atoms with E-state index in [1.807, 2.05) is 0 Å². The van der Waals surface area contributed by atoms with E-state index in [4.69, 9.17) is 0 Å². The molecule has 2 nitrogen and oxygen atoms in total. The van der Waals surface area contributed by atoms with Crippen LogP contribution >= 0.6 is 0 Å². The number of nitrogens with one attached hydrogen (secondary N) is 1. The van der Waals surface area contributed by atoms with Crippen molar-refractivity contribution in [3.05, 3.63) is 35.4 Å². The van der Waals surface area contributed by atoms with Crippen LogP contribution in [0.4, 0.5) is 0 Å². The Labute approximate surface area is 96.1 Å². The van der Waals surface area contributed by atoms with Crippen LogP contribution in [0.2, 0.25) is 0 Å². The summed E-state index contributed by atoms with van der Waals surface area (Å²) >= 11 is 0. The monoisotopic (exact) mass is 215 g/mol. The van der Waals surface area contributed by atoms with E-state index in [-0.39, 0.29) is 5.92 Å². The molecule has 1 aromatic rings. The highest BCUT2D eigenvalue weighted by molar-refractivity contribution is 5.82. The number of ketones is 1. The molecule has 1 fully saturated rings. The lowest BCUT2D eigenvalue weighted by Gasteiger charge is -2.30. The summed E-state index contributed by atoms with van der Waals surface area (Å²) < 4.78 is 0. The second kappa shape index (κ2) is 4.02. The third-order valence-corrected chi connectivity index (χ3v) is 3.92. The molecule has 1 heterocycles. The zero-order valence-electron chi connectivity index (χ0n) is 9.41. The van der Waals surface area contributed by atoms with Gasteiger partial charge in [0.05, 0.1) is 0 Å². The van der Waals surface area contributed by atoms with Crippen LogP contribution < -0.4 is 5.32 Å². The van der Waals surface area contributed by atoms with Gasteiger partial charge in [0.1, 0.15) is 5.78 Å². The van der Waals surface area contributed by atoms with Crippen molar-refractivity contribution >= 4 is 5.78 Å². The van der Waals surface area contributed by atoms with Crippen molar-refractivity contribution in [3.8, 4) is 0 Å². The van der Waals surface area contributed by atoms with Crippen molar-refractivity contribution in [1.29, 1.82) is 0 Å². The summed E-state index contributed by atoms with van der Waals surface area (Å²) in [5.41, 5.74) is 2.84. The lowest BCUT2D eigenvalue weighted by Crippen LogP contribution is -2.25. The van der Waals surface area contributed by atoms with Gasteiger partial charge in [-0.3, -0.25) is 4.79 Å². The first-order chi connectivity index (χ1) is 7.84. The second-order valence-corrected chi connectivity index (χ2v) is 4.96. The minimum Gasteiger partial charge on any atom is -0.316 e. The molecule has 16 heavy (non-hydrogen) atoms. The van der Waals surface area contributed by atoms with Crippen molar-refractivity contribution in [2.45, 2.75) is 25.2 Å². The summed E-state index contributed by atoms with van der Waals surface area (Å²) in [6, 6.07) is 8.50. The Morgan fingerprint density at radius 3 is 3.00 bits per heavy atom. The van der Waals surface area contributed by atoms with Gasteiger partial charge in [-0.15, -0.1) is 0 Å². The van der Waals surface area contributed by atoms with Gasteiger partial charge in [0, 0.05) is 18.9 Å². The zero-order valence-corrected chi connectivity index (χ0v) is 9.41. The molecule has 0 saturated carbocycles. The second-order valence-electron chi connectivity index (χ2n) is 4.96. The molecular formula is C14H17NO. The van der Waals surface area contributed by atoms with E-state index < -0.39 is 0 Å². The molecule has 1 N–H and O–H groups in total. The van der Waals surface area contributed by atoms with Gasteiger partial charge in [0.2, 0.25) is 0 Å². The smallest absolute Gasteiger partial charge is 0.137 e. The highest BCUT2D eigenvalue weighted by Crippen LogP contribution is 2.38. The summed E-state index contributed by atoms with van der Waals surface area (Å²) in [7, 11) is 0. The average molecular weight is 215 g/mol. The van der Waals surface area contributed by atoms with Gasteiger partial charge < -0.3 is 5.32 Å². The molecule has 3 rings (SSSR count). The first kappa shape index (κ1) is 10.0. The molecule has 0 radical (unpaired) electrons. The standard InChI is InChI=1S/C14H17NO/c16-14(11-5-6-15-9-11)8-12-7-10-3-1-2-4-13(10)12/h1-4,11-12,15H,5-9H2. The van der Waals surface area contributed by atoms with Crippen LogP contribution in [-0.4, -0.2) is 18.9 Å². The van der Waals surface area contributed by atoms with Crippen LogP contribution in [0, 0.1) is 5.92 Å². The maximum Gasteiger partial charge on any atom is 0.137 e. The lowest BCUT2D eigenvalue weighted by molar-refractivity contribution is -0.122. The van der Waals surface area contributed by atoms with E-state index in [9.17, 15) is 4.79 Å². The lowest BCUT2D eigenvalue weighted by atomic mass is 9.74. The Balaban J connectivity index is 1.63. The SMILES string of the molecule is O=C(CC1Cc2ccccc21)C1CCNC1. The van der Waals surface area contributed by atoms with Crippen LogP contribution in [0.15, 0.2) is 24.3 Å². The Morgan fingerprint density at radius 1 is 1.38 bits per heavy atom. The summed E-state index contributed by atoms with van der Waals surface area (Å²) in [6.07, 6.45) is 2.89. The summed E-state index contributed by atoms with van der Waals surface area (Å²) in [5, 5.41) is 3.26. The number of carbonyl (C=O) groups is 1. The number of carbonyl (C=O) groups excluding carboxylic acids is 1. The fourth-order valence-electron chi connectivity index (χ4n) is 2.88.